The van der Waals surface area contributed by atoms with Crippen LogP contribution in [0.2, 0.25) is 0 Å². The number of Topliss-reactive ketones (excluding diaryl/α,β-unsaturated/α-hetero) is 1. The summed E-state index contributed by atoms with van der Waals surface area (Å²) in [5, 5.41) is 11.0. The number of amides is 1. The summed E-state index contributed by atoms with van der Waals surface area (Å²) in [7, 11) is 0. The molecule has 0 aromatic rings. The monoisotopic (exact) mass is 475 g/mol. The first-order valence-electron chi connectivity index (χ1n) is 14.4. The minimum absolute atomic E-state index is 0.00950. The minimum atomic E-state index is -0.197. The van der Waals surface area contributed by atoms with Crippen molar-refractivity contribution in [3.05, 3.63) is 0 Å². The number of nitrogens with two attached hydrogens (primary N) is 1. The zero-order valence-electron chi connectivity index (χ0n) is 21.7. The fourth-order valence-electron chi connectivity index (χ4n) is 8.79. The Morgan fingerprint density at radius 1 is 1.00 bits per heavy atom. The van der Waals surface area contributed by atoms with Crippen LogP contribution < -0.4 is 5.73 Å². The van der Waals surface area contributed by atoms with E-state index in [4.69, 9.17) is 10.5 Å². The highest BCUT2D eigenvalue weighted by atomic mass is 16.5. The van der Waals surface area contributed by atoms with Gasteiger partial charge in [0, 0.05) is 25.9 Å². The second kappa shape index (κ2) is 11.0. The van der Waals surface area contributed by atoms with Crippen LogP contribution in [0.4, 0.5) is 0 Å². The second-order valence-corrected chi connectivity index (χ2v) is 12.7. The van der Waals surface area contributed by atoms with Gasteiger partial charge in [0.25, 0.3) is 0 Å². The van der Waals surface area contributed by atoms with E-state index in [1.165, 1.54) is 38.5 Å². The Morgan fingerprint density at radius 2 is 1.71 bits per heavy atom. The van der Waals surface area contributed by atoms with Crippen LogP contribution in [0.5, 0.6) is 0 Å². The number of rotatable bonds is 11. The Morgan fingerprint density at radius 3 is 2.44 bits per heavy atom. The summed E-state index contributed by atoms with van der Waals surface area (Å²) in [6, 6.07) is 0. The van der Waals surface area contributed by atoms with Crippen LogP contribution >= 0.6 is 0 Å². The number of hydrogen-bond donors (Lipinski definition) is 2. The summed E-state index contributed by atoms with van der Waals surface area (Å²) in [5.74, 6) is 2.57. The summed E-state index contributed by atoms with van der Waals surface area (Å²) in [5.41, 5.74) is 5.40. The molecule has 0 heterocycles. The highest BCUT2D eigenvalue weighted by molar-refractivity contribution is 5.79. The topological polar surface area (TPSA) is 89.6 Å². The molecule has 4 saturated carbocycles. The average Bonchev–Trinajstić information content (AvgIpc) is 3.09. The van der Waals surface area contributed by atoms with Crippen molar-refractivity contribution in [2.45, 2.75) is 129 Å². The Kier molecular flexibility index (Phi) is 8.44. The molecule has 5 nitrogen and oxygen atoms in total. The molecule has 0 aromatic heterocycles. The highest BCUT2D eigenvalue weighted by Crippen LogP contribution is 2.66. The van der Waals surface area contributed by atoms with E-state index in [0.717, 1.165) is 64.4 Å². The zero-order chi connectivity index (χ0) is 24.3. The maximum Gasteiger partial charge on any atom is 0.217 e. The van der Waals surface area contributed by atoms with Crippen LogP contribution in [-0.2, 0) is 14.3 Å². The van der Waals surface area contributed by atoms with Crippen molar-refractivity contribution in [3.8, 4) is 0 Å². The molecule has 194 valence electrons. The summed E-state index contributed by atoms with van der Waals surface area (Å²) in [4.78, 5) is 23.1. The van der Waals surface area contributed by atoms with Crippen molar-refractivity contribution in [2.75, 3.05) is 6.61 Å². The van der Waals surface area contributed by atoms with Gasteiger partial charge in [-0.05, 0) is 85.9 Å². The number of ketones is 1. The molecule has 0 spiro atoms. The summed E-state index contributed by atoms with van der Waals surface area (Å²) >= 11 is 0. The van der Waals surface area contributed by atoms with Gasteiger partial charge in [0.05, 0.1) is 12.2 Å². The van der Waals surface area contributed by atoms with E-state index in [2.05, 4.69) is 13.8 Å². The SMILES string of the molecule is C[C@]12CCC(=O)CC1CC[C@@H]1[C@H]2C(OCCCCCCCCCC(N)=O)C[C@]2(C)C(O)CC[C@@H]12. The first-order chi connectivity index (χ1) is 16.3. The first-order valence-corrected chi connectivity index (χ1v) is 14.4. The van der Waals surface area contributed by atoms with Crippen molar-refractivity contribution in [3.63, 3.8) is 0 Å². The number of carbonyl (C=O) groups is 2. The van der Waals surface area contributed by atoms with Gasteiger partial charge in [0.15, 0.2) is 0 Å². The third-order valence-electron chi connectivity index (χ3n) is 10.7. The number of carbonyl (C=O) groups excluding carboxylic acids is 2. The van der Waals surface area contributed by atoms with Crippen molar-refractivity contribution in [1.82, 2.24) is 0 Å². The molecule has 0 aliphatic heterocycles. The van der Waals surface area contributed by atoms with Gasteiger partial charge in [0.1, 0.15) is 5.78 Å². The molecule has 34 heavy (non-hydrogen) atoms. The first kappa shape index (κ1) is 26.1. The normalized spacial score (nSPS) is 41.6. The standard InChI is InChI=1S/C29H49NO4/c1-28-16-15-21(31)18-20(28)11-12-22-23-13-14-25(32)29(23,2)19-24(27(22)28)34-17-9-7-5-3-4-6-8-10-26(30)33/h20,22-25,27,32H,3-19H2,1-2H3,(H2,30,33)/t20?,22-,23-,24?,25?,27-,28-,29-/m0/s1. The maximum atomic E-state index is 12.3. The van der Waals surface area contributed by atoms with E-state index >= 15 is 0 Å². The minimum Gasteiger partial charge on any atom is -0.393 e. The Balaban J connectivity index is 1.32. The second-order valence-electron chi connectivity index (χ2n) is 12.7. The Labute approximate surface area is 207 Å². The van der Waals surface area contributed by atoms with Crippen molar-refractivity contribution in [2.24, 2.45) is 40.2 Å². The number of fused-ring (bicyclic) bond motifs is 5. The lowest BCUT2D eigenvalue weighted by atomic mass is 9.44. The van der Waals surface area contributed by atoms with Crippen LogP contribution in [0.3, 0.4) is 0 Å². The van der Waals surface area contributed by atoms with Crippen molar-refractivity contribution in [1.29, 1.82) is 0 Å². The predicted molar refractivity (Wildman–Crippen MR) is 134 cm³/mol. The molecule has 4 fully saturated rings. The highest BCUT2D eigenvalue weighted by Gasteiger charge is 2.63. The third-order valence-corrected chi connectivity index (χ3v) is 10.7. The van der Waals surface area contributed by atoms with E-state index in [0.29, 0.717) is 35.9 Å². The van der Waals surface area contributed by atoms with Gasteiger partial charge in [-0.3, -0.25) is 9.59 Å². The van der Waals surface area contributed by atoms with E-state index in [1.54, 1.807) is 0 Å². The number of aliphatic hydroxyl groups excluding tert-OH is 1. The molecule has 0 aromatic carbocycles. The maximum absolute atomic E-state index is 12.3. The quantitative estimate of drug-likeness (QED) is 0.383. The van der Waals surface area contributed by atoms with Gasteiger partial charge in [-0.1, -0.05) is 46.0 Å². The lowest BCUT2D eigenvalue weighted by molar-refractivity contribution is -0.192. The lowest BCUT2D eigenvalue weighted by Crippen LogP contribution is -2.60. The van der Waals surface area contributed by atoms with Crippen LogP contribution in [0, 0.1) is 34.5 Å². The number of aliphatic hydroxyl groups is 1. The largest absolute Gasteiger partial charge is 0.393 e. The fraction of sp³-hybridized carbons (Fsp3) is 0.931. The van der Waals surface area contributed by atoms with Gasteiger partial charge >= 0.3 is 0 Å². The average molecular weight is 476 g/mol. The Hall–Kier alpha value is -0.940. The van der Waals surface area contributed by atoms with E-state index in [9.17, 15) is 14.7 Å². The summed E-state index contributed by atoms with van der Waals surface area (Å²) in [6.45, 7) is 5.62. The molecule has 0 saturated heterocycles. The number of unbranched alkanes of at least 4 members (excludes halogenated alkanes) is 6. The molecule has 4 rings (SSSR count). The smallest absolute Gasteiger partial charge is 0.217 e. The van der Waals surface area contributed by atoms with E-state index in [-0.39, 0.29) is 28.9 Å². The lowest BCUT2D eigenvalue weighted by Gasteiger charge is -2.62. The molecule has 5 heteroatoms. The van der Waals surface area contributed by atoms with Crippen LogP contribution in [0.1, 0.15) is 117 Å². The number of ether oxygens (including phenoxy) is 1. The van der Waals surface area contributed by atoms with E-state index in [1.807, 2.05) is 0 Å². The number of hydrogen-bond acceptors (Lipinski definition) is 4. The third kappa shape index (κ3) is 5.26. The van der Waals surface area contributed by atoms with E-state index < -0.39 is 0 Å². The molecule has 1 amide bonds. The molecular formula is C29H49NO4. The van der Waals surface area contributed by atoms with Gasteiger partial charge in [-0.15, -0.1) is 0 Å². The fourth-order valence-corrected chi connectivity index (χ4v) is 8.79. The summed E-state index contributed by atoms with van der Waals surface area (Å²) in [6.07, 6.45) is 16.4. The van der Waals surface area contributed by atoms with Crippen molar-refractivity contribution >= 4 is 11.7 Å². The van der Waals surface area contributed by atoms with Gasteiger partial charge in [-0.2, -0.15) is 0 Å². The molecular weight excluding hydrogens is 426 g/mol. The molecule has 4 aliphatic carbocycles. The van der Waals surface area contributed by atoms with Crippen molar-refractivity contribution < 1.29 is 19.4 Å². The molecule has 3 unspecified atom stereocenters. The van der Waals surface area contributed by atoms with Gasteiger partial charge < -0.3 is 15.6 Å². The molecule has 0 bridgehead atoms. The van der Waals surface area contributed by atoms with Gasteiger partial charge in [-0.25, -0.2) is 0 Å². The molecule has 4 aliphatic rings. The van der Waals surface area contributed by atoms with Crippen LogP contribution in [-0.4, -0.2) is 35.6 Å². The van der Waals surface area contributed by atoms with Crippen LogP contribution in [0.25, 0.3) is 0 Å². The zero-order valence-corrected chi connectivity index (χ0v) is 21.7. The summed E-state index contributed by atoms with van der Waals surface area (Å²) < 4.78 is 6.74. The van der Waals surface area contributed by atoms with Gasteiger partial charge in [0.2, 0.25) is 5.91 Å². The Bertz CT molecular complexity index is 725. The molecule has 3 N–H and O–H groups in total. The number of primary amides is 1. The molecule has 8 atom stereocenters. The predicted octanol–water partition coefficient (Wildman–Crippen LogP) is 5.56. The molecule has 0 radical (unpaired) electrons. The van der Waals surface area contributed by atoms with Crippen LogP contribution in [0.15, 0.2) is 0 Å².